The molecule has 1 N–H and O–H groups in total. The van der Waals surface area contributed by atoms with E-state index in [9.17, 15) is 9.59 Å². The highest BCUT2D eigenvalue weighted by Crippen LogP contribution is 2.34. The highest BCUT2D eigenvalue weighted by molar-refractivity contribution is 5.73. The first kappa shape index (κ1) is 19.0. The lowest BCUT2D eigenvalue weighted by Gasteiger charge is -2.40. The molecule has 138 valence electrons. The molecule has 2 heterocycles. The molecule has 0 radical (unpaired) electrons. The predicted molar refractivity (Wildman–Crippen MR) is 91.6 cm³/mol. The van der Waals surface area contributed by atoms with E-state index in [1.807, 2.05) is 27.7 Å². The van der Waals surface area contributed by atoms with E-state index in [1.165, 1.54) is 0 Å². The molecule has 2 fully saturated rings. The van der Waals surface area contributed by atoms with Crippen LogP contribution in [0.1, 0.15) is 47.0 Å². The van der Waals surface area contributed by atoms with E-state index in [0.717, 1.165) is 32.4 Å². The molecule has 6 nitrogen and oxygen atoms in total. The first-order valence-electron chi connectivity index (χ1n) is 9.17. The number of rotatable bonds is 3. The Balaban J connectivity index is 1.90. The van der Waals surface area contributed by atoms with Crippen molar-refractivity contribution in [1.82, 2.24) is 10.2 Å². The van der Waals surface area contributed by atoms with E-state index in [-0.39, 0.29) is 18.0 Å². The van der Waals surface area contributed by atoms with Gasteiger partial charge in [-0.1, -0.05) is 0 Å². The third-order valence-corrected chi connectivity index (χ3v) is 4.92. The Labute approximate surface area is 145 Å². The number of nitrogens with one attached hydrogen (secondary N) is 1. The smallest absolute Gasteiger partial charge is 0.410 e. The van der Waals surface area contributed by atoms with Gasteiger partial charge in [0, 0.05) is 13.1 Å². The van der Waals surface area contributed by atoms with Crippen LogP contribution in [-0.2, 0) is 14.3 Å². The number of carbonyl (C=O) groups excluding carboxylic acids is 2. The van der Waals surface area contributed by atoms with E-state index < -0.39 is 5.60 Å². The molecule has 0 bridgehead atoms. The molecular weight excluding hydrogens is 308 g/mol. The van der Waals surface area contributed by atoms with Crippen molar-refractivity contribution in [3.8, 4) is 0 Å². The summed E-state index contributed by atoms with van der Waals surface area (Å²) in [6.45, 7) is 11.1. The molecule has 2 atom stereocenters. The van der Waals surface area contributed by atoms with Gasteiger partial charge in [-0.15, -0.1) is 0 Å². The topological polar surface area (TPSA) is 67.9 Å². The molecule has 2 aliphatic rings. The van der Waals surface area contributed by atoms with Crippen molar-refractivity contribution in [1.29, 1.82) is 0 Å². The summed E-state index contributed by atoms with van der Waals surface area (Å²) < 4.78 is 10.7. The largest absolute Gasteiger partial charge is 0.466 e. The van der Waals surface area contributed by atoms with Gasteiger partial charge in [0.05, 0.1) is 12.5 Å². The highest BCUT2D eigenvalue weighted by Gasteiger charge is 2.39. The zero-order valence-electron chi connectivity index (χ0n) is 15.5. The number of esters is 1. The third kappa shape index (κ3) is 5.10. The minimum atomic E-state index is -0.462. The van der Waals surface area contributed by atoms with Crippen LogP contribution in [0, 0.1) is 17.8 Å². The molecule has 0 aliphatic carbocycles. The Morgan fingerprint density at radius 3 is 2.42 bits per heavy atom. The van der Waals surface area contributed by atoms with Crippen LogP contribution in [0.2, 0.25) is 0 Å². The van der Waals surface area contributed by atoms with Crippen LogP contribution in [-0.4, -0.2) is 55.3 Å². The van der Waals surface area contributed by atoms with Crippen LogP contribution in [0.15, 0.2) is 0 Å². The average Bonchev–Trinajstić information content (AvgIpc) is 2.53. The second kappa shape index (κ2) is 8.19. The summed E-state index contributed by atoms with van der Waals surface area (Å²) in [6, 6.07) is 0. The quantitative estimate of drug-likeness (QED) is 0.799. The molecule has 0 aromatic carbocycles. The highest BCUT2D eigenvalue weighted by atomic mass is 16.6. The van der Waals surface area contributed by atoms with Crippen molar-refractivity contribution in [3.05, 3.63) is 0 Å². The van der Waals surface area contributed by atoms with E-state index >= 15 is 0 Å². The second-order valence-corrected chi connectivity index (χ2v) is 7.82. The van der Waals surface area contributed by atoms with Crippen molar-refractivity contribution in [2.24, 2.45) is 17.8 Å². The van der Waals surface area contributed by atoms with Crippen molar-refractivity contribution in [2.75, 3.05) is 32.8 Å². The van der Waals surface area contributed by atoms with Crippen molar-refractivity contribution in [2.45, 2.75) is 52.6 Å². The normalized spacial score (nSPS) is 26.1. The fourth-order valence-electron chi connectivity index (χ4n) is 3.76. The molecule has 1 amide bonds. The number of carbonyl (C=O) groups is 2. The van der Waals surface area contributed by atoms with Gasteiger partial charge in [0.2, 0.25) is 0 Å². The predicted octanol–water partition coefficient (Wildman–Crippen LogP) is 2.42. The second-order valence-electron chi connectivity index (χ2n) is 7.82. The van der Waals surface area contributed by atoms with E-state index in [2.05, 4.69) is 5.32 Å². The van der Waals surface area contributed by atoms with Gasteiger partial charge in [0.25, 0.3) is 0 Å². The lowest BCUT2D eigenvalue weighted by atomic mass is 9.74. The van der Waals surface area contributed by atoms with Gasteiger partial charge in [-0.05, 0) is 71.9 Å². The summed E-state index contributed by atoms with van der Waals surface area (Å²) >= 11 is 0. The lowest BCUT2D eigenvalue weighted by Crippen LogP contribution is -2.48. The van der Waals surface area contributed by atoms with Crippen LogP contribution in [0.4, 0.5) is 4.79 Å². The number of hydrogen-bond acceptors (Lipinski definition) is 5. The fraction of sp³-hybridized carbons (Fsp3) is 0.889. The number of ether oxygens (including phenoxy) is 2. The lowest BCUT2D eigenvalue weighted by molar-refractivity contribution is -0.152. The third-order valence-electron chi connectivity index (χ3n) is 4.92. The number of amides is 1. The Hall–Kier alpha value is -1.30. The maximum atomic E-state index is 12.2. The van der Waals surface area contributed by atoms with Crippen LogP contribution in [0.3, 0.4) is 0 Å². The first-order valence-corrected chi connectivity index (χ1v) is 9.17. The molecule has 24 heavy (non-hydrogen) atoms. The van der Waals surface area contributed by atoms with Crippen LogP contribution < -0.4 is 5.32 Å². The minimum absolute atomic E-state index is 0.00993. The Morgan fingerprint density at radius 2 is 1.83 bits per heavy atom. The fourth-order valence-corrected chi connectivity index (χ4v) is 3.76. The molecule has 6 heteroatoms. The SMILES string of the molecule is CCOC(=O)C1CCNCC1C1CCN(C(=O)OC(C)(C)C)CC1. The van der Waals surface area contributed by atoms with E-state index in [0.29, 0.717) is 31.5 Å². The van der Waals surface area contributed by atoms with E-state index in [1.54, 1.807) is 4.90 Å². The van der Waals surface area contributed by atoms with Crippen LogP contribution >= 0.6 is 0 Å². The Morgan fingerprint density at radius 1 is 1.17 bits per heavy atom. The summed E-state index contributed by atoms with van der Waals surface area (Å²) in [5.74, 6) is 0.687. The minimum Gasteiger partial charge on any atom is -0.466 e. The maximum absolute atomic E-state index is 12.2. The standard InChI is InChI=1S/C18H32N2O4/c1-5-23-16(21)14-6-9-19-12-15(14)13-7-10-20(11-8-13)17(22)24-18(2,3)4/h13-15,19H,5-12H2,1-4H3. The summed E-state index contributed by atoms with van der Waals surface area (Å²) in [5.41, 5.74) is -0.462. The van der Waals surface area contributed by atoms with Gasteiger partial charge in [-0.3, -0.25) is 4.79 Å². The first-order chi connectivity index (χ1) is 11.3. The summed E-state index contributed by atoms with van der Waals surface area (Å²) in [4.78, 5) is 26.2. The Kier molecular flexibility index (Phi) is 6.49. The van der Waals surface area contributed by atoms with Gasteiger partial charge in [-0.25, -0.2) is 4.79 Å². The van der Waals surface area contributed by atoms with Gasteiger partial charge in [0.15, 0.2) is 0 Å². The van der Waals surface area contributed by atoms with Crippen LogP contribution in [0.25, 0.3) is 0 Å². The molecular formula is C18H32N2O4. The molecule has 0 saturated carbocycles. The Bertz CT molecular complexity index is 439. The van der Waals surface area contributed by atoms with Gasteiger partial charge >= 0.3 is 12.1 Å². The van der Waals surface area contributed by atoms with Crippen molar-refractivity contribution in [3.63, 3.8) is 0 Å². The molecule has 2 aliphatic heterocycles. The zero-order chi connectivity index (χ0) is 17.7. The van der Waals surface area contributed by atoms with E-state index in [4.69, 9.17) is 9.47 Å². The van der Waals surface area contributed by atoms with Crippen LogP contribution in [0.5, 0.6) is 0 Å². The molecule has 0 spiro atoms. The average molecular weight is 340 g/mol. The summed E-state index contributed by atoms with van der Waals surface area (Å²) in [7, 11) is 0. The number of piperidine rings is 2. The number of likely N-dealkylation sites (tertiary alicyclic amines) is 1. The zero-order valence-corrected chi connectivity index (χ0v) is 15.5. The van der Waals surface area contributed by atoms with Crippen molar-refractivity contribution >= 4 is 12.1 Å². The molecule has 2 saturated heterocycles. The van der Waals surface area contributed by atoms with Gasteiger partial charge < -0.3 is 19.7 Å². The van der Waals surface area contributed by atoms with Gasteiger partial charge in [0.1, 0.15) is 5.60 Å². The number of nitrogens with zero attached hydrogens (tertiary/aromatic N) is 1. The summed E-state index contributed by atoms with van der Waals surface area (Å²) in [6.07, 6.45) is 2.45. The maximum Gasteiger partial charge on any atom is 0.410 e. The molecule has 2 unspecified atom stereocenters. The van der Waals surface area contributed by atoms with Crippen molar-refractivity contribution < 1.29 is 19.1 Å². The molecule has 0 aromatic rings. The molecule has 0 aromatic heterocycles. The monoisotopic (exact) mass is 340 g/mol. The molecule has 2 rings (SSSR count). The van der Waals surface area contributed by atoms with Gasteiger partial charge in [-0.2, -0.15) is 0 Å². The number of hydrogen-bond donors (Lipinski definition) is 1. The summed E-state index contributed by atoms with van der Waals surface area (Å²) in [5, 5.41) is 3.41.